The third-order valence-corrected chi connectivity index (χ3v) is 4.63. The van der Waals surface area contributed by atoms with Crippen molar-refractivity contribution < 1.29 is 9.90 Å². The molecule has 1 fully saturated rings. The number of piperazine rings is 1. The molecule has 2 heterocycles. The summed E-state index contributed by atoms with van der Waals surface area (Å²) in [6.07, 6.45) is 2.86. The summed E-state index contributed by atoms with van der Waals surface area (Å²) < 4.78 is 0. The summed E-state index contributed by atoms with van der Waals surface area (Å²) in [5, 5.41) is 9.86. The van der Waals surface area contributed by atoms with Gasteiger partial charge in [0, 0.05) is 32.3 Å². The molecule has 1 N–H and O–H groups in total. The van der Waals surface area contributed by atoms with Crippen LogP contribution in [0.2, 0.25) is 0 Å². The molecule has 21 heavy (non-hydrogen) atoms. The molecule has 0 saturated carbocycles. The summed E-state index contributed by atoms with van der Waals surface area (Å²) in [5.41, 5.74) is 1.00. The summed E-state index contributed by atoms with van der Waals surface area (Å²) in [7, 11) is 2.15. The van der Waals surface area contributed by atoms with Crippen LogP contribution in [0, 0.1) is 0 Å². The molecule has 0 atom stereocenters. The molecule has 0 bridgehead atoms. The highest BCUT2D eigenvalue weighted by molar-refractivity contribution is 7.12. The van der Waals surface area contributed by atoms with Crippen molar-refractivity contribution in [2.75, 3.05) is 33.2 Å². The highest BCUT2D eigenvalue weighted by Crippen LogP contribution is 2.27. The molecule has 2 rings (SSSR count). The average Bonchev–Trinajstić information content (AvgIpc) is 2.82. The minimum absolute atomic E-state index is 0.302. The van der Waals surface area contributed by atoms with Gasteiger partial charge in [0.2, 0.25) is 0 Å². The number of hydrogen-bond donors (Lipinski definition) is 1. The van der Waals surface area contributed by atoms with Crippen LogP contribution in [0.4, 0.5) is 0 Å². The lowest BCUT2D eigenvalue weighted by molar-refractivity contribution is -0.131. The first kappa shape index (κ1) is 16.1. The molecular weight excluding hydrogens is 286 g/mol. The quantitative estimate of drug-likeness (QED) is 0.844. The normalized spacial score (nSPS) is 17.9. The van der Waals surface area contributed by atoms with Crippen LogP contribution in [-0.2, 0) is 11.3 Å². The van der Waals surface area contributed by atoms with E-state index in [0.717, 1.165) is 48.3 Å². The Kier molecular flexibility index (Phi) is 5.50. The fourth-order valence-electron chi connectivity index (χ4n) is 2.34. The zero-order valence-electron chi connectivity index (χ0n) is 12.9. The SMILES string of the molecule is CC(C)c1nc(CN2CCN(C)CC2)sc1/C=C/C(=O)O. The van der Waals surface area contributed by atoms with Crippen LogP contribution in [-0.4, -0.2) is 59.1 Å². The molecule has 5 nitrogen and oxygen atoms in total. The third kappa shape index (κ3) is 4.62. The second-order valence-electron chi connectivity index (χ2n) is 5.76. The van der Waals surface area contributed by atoms with Crippen molar-refractivity contribution in [3.05, 3.63) is 21.7 Å². The van der Waals surface area contributed by atoms with E-state index in [9.17, 15) is 4.79 Å². The molecule has 1 aliphatic heterocycles. The predicted octanol–water partition coefficient (Wildman–Crippen LogP) is 2.11. The molecule has 6 heteroatoms. The van der Waals surface area contributed by atoms with Crippen molar-refractivity contribution in [3.8, 4) is 0 Å². The van der Waals surface area contributed by atoms with Crippen LogP contribution in [0.3, 0.4) is 0 Å². The molecule has 1 aliphatic rings. The minimum atomic E-state index is -0.918. The zero-order chi connectivity index (χ0) is 15.4. The van der Waals surface area contributed by atoms with Gasteiger partial charge >= 0.3 is 5.97 Å². The minimum Gasteiger partial charge on any atom is -0.478 e. The van der Waals surface area contributed by atoms with E-state index >= 15 is 0 Å². The molecule has 0 aliphatic carbocycles. The Morgan fingerprint density at radius 1 is 1.38 bits per heavy atom. The maximum Gasteiger partial charge on any atom is 0.328 e. The molecular formula is C15H23N3O2S. The first-order valence-corrected chi connectivity index (χ1v) is 8.09. The van der Waals surface area contributed by atoms with E-state index in [1.807, 2.05) is 0 Å². The van der Waals surface area contributed by atoms with Crippen LogP contribution in [0.1, 0.15) is 35.3 Å². The van der Waals surface area contributed by atoms with Crippen molar-refractivity contribution in [1.82, 2.24) is 14.8 Å². The van der Waals surface area contributed by atoms with Gasteiger partial charge in [0.1, 0.15) is 5.01 Å². The first-order chi connectivity index (χ1) is 9.95. The van der Waals surface area contributed by atoms with Crippen molar-refractivity contribution in [2.24, 2.45) is 0 Å². The van der Waals surface area contributed by atoms with Gasteiger partial charge in [0.25, 0.3) is 0 Å². The van der Waals surface area contributed by atoms with Gasteiger partial charge in [-0.25, -0.2) is 9.78 Å². The van der Waals surface area contributed by atoms with Crippen molar-refractivity contribution in [3.63, 3.8) is 0 Å². The van der Waals surface area contributed by atoms with E-state index in [4.69, 9.17) is 10.1 Å². The molecule has 116 valence electrons. The molecule has 1 aromatic heterocycles. The highest BCUT2D eigenvalue weighted by Gasteiger charge is 2.18. The molecule has 0 unspecified atom stereocenters. The van der Waals surface area contributed by atoms with Gasteiger partial charge in [0.05, 0.1) is 17.1 Å². The van der Waals surface area contributed by atoms with Crippen molar-refractivity contribution in [1.29, 1.82) is 0 Å². The monoisotopic (exact) mass is 309 g/mol. The van der Waals surface area contributed by atoms with Crippen molar-refractivity contribution in [2.45, 2.75) is 26.3 Å². The lowest BCUT2D eigenvalue weighted by Crippen LogP contribution is -2.43. The number of carboxylic acids is 1. The van der Waals surface area contributed by atoms with Crippen LogP contribution in [0.25, 0.3) is 6.08 Å². The molecule has 1 aromatic rings. The number of aliphatic carboxylic acids is 1. The predicted molar refractivity (Wildman–Crippen MR) is 85.6 cm³/mol. The second-order valence-corrected chi connectivity index (χ2v) is 6.88. The summed E-state index contributed by atoms with van der Waals surface area (Å²) in [6, 6.07) is 0. The van der Waals surface area contributed by atoms with Gasteiger partial charge in [-0.1, -0.05) is 13.8 Å². The molecule has 0 spiro atoms. The number of carboxylic acid groups (broad SMARTS) is 1. The van der Waals surface area contributed by atoms with Gasteiger partial charge in [-0.2, -0.15) is 0 Å². The Hall–Kier alpha value is -1.24. The zero-order valence-corrected chi connectivity index (χ0v) is 13.7. The highest BCUT2D eigenvalue weighted by atomic mass is 32.1. The van der Waals surface area contributed by atoms with Crippen molar-refractivity contribution >= 4 is 23.4 Å². The topological polar surface area (TPSA) is 56.7 Å². The van der Waals surface area contributed by atoms with Gasteiger partial charge in [0.15, 0.2) is 0 Å². The summed E-state index contributed by atoms with van der Waals surface area (Å²) in [6.45, 7) is 9.35. The Labute approximate surface area is 129 Å². The Morgan fingerprint density at radius 2 is 2.05 bits per heavy atom. The Morgan fingerprint density at radius 3 is 2.62 bits per heavy atom. The smallest absolute Gasteiger partial charge is 0.328 e. The van der Waals surface area contributed by atoms with Crippen LogP contribution >= 0.6 is 11.3 Å². The lowest BCUT2D eigenvalue weighted by Gasteiger charge is -2.31. The van der Waals surface area contributed by atoms with E-state index < -0.39 is 5.97 Å². The number of rotatable bonds is 5. The number of nitrogens with zero attached hydrogens (tertiary/aromatic N) is 3. The number of aromatic nitrogens is 1. The number of carbonyl (C=O) groups is 1. The average molecular weight is 309 g/mol. The van der Waals surface area contributed by atoms with Crippen LogP contribution in [0.5, 0.6) is 0 Å². The van der Waals surface area contributed by atoms with E-state index in [0.29, 0.717) is 5.92 Å². The van der Waals surface area contributed by atoms with E-state index in [-0.39, 0.29) is 0 Å². The van der Waals surface area contributed by atoms with Gasteiger partial charge < -0.3 is 10.0 Å². The standard InChI is InChI=1S/C15H23N3O2S/c1-11(2)15-12(4-5-14(19)20)21-13(16-15)10-18-8-6-17(3)7-9-18/h4-5,11H,6-10H2,1-3H3,(H,19,20)/b5-4+. The Bertz CT molecular complexity index is 517. The Balaban J connectivity index is 2.09. The van der Waals surface area contributed by atoms with Gasteiger partial charge in [-0.15, -0.1) is 11.3 Å². The van der Waals surface area contributed by atoms with Gasteiger partial charge in [-0.3, -0.25) is 4.90 Å². The first-order valence-electron chi connectivity index (χ1n) is 7.27. The fraction of sp³-hybridized carbons (Fsp3) is 0.600. The number of hydrogen-bond acceptors (Lipinski definition) is 5. The van der Waals surface area contributed by atoms with E-state index in [1.54, 1.807) is 17.4 Å². The lowest BCUT2D eigenvalue weighted by atomic mass is 10.1. The third-order valence-electron chi connectivity index (χ3n) is 3.60. The van der Waals surface area contributed by atoms with Crippen LogP contribution < -0.4 is 0 Å². The summed E-state index contributed by atoms with van der Waals surface area (Å²) in [4.78, 5) is 21.1. The molecule has 0 amide bonds. The largest absolute Gasteiger partial charge is 0.478 e. The fourth-order valence-corrected chi connectivity index (χ4v) is 3.50. The maximum atomic E-state index is 10.7. The van der Waals surface area contributed by atoms with E-state index in [1.165, 1.54) is 6.08 Å². The van der Waals surface area contributed by atoms with Crippen LogP contribution in [0.15, 0.2) is 6.08 Å². The molecule has 0 radical (unpaired) electrons. The van der Waals surface area contributed by atoms with E-state index in [2.05, 4.69) is 30.7 Å². The molecule has 0 aromatic carbocycles. The second kappa shape index (κ2) is 7.15. The number of thiazole rings is 1. The summed E-state index contributed by atoms with van der Waals surface area (Å²) >= 11 is 1.61. The summed E-state index contributed by atoms with van der Waals surface area (Å²) in [5.74, 6) is -0.616. The molecule has 1 saturated heterocycles. The van der Waals surface area contributed by atoms with Gasteiger partial charge in [-0.05, 0) is 19.0 Å². The number of likely N-dealkylation sites (N-methyl/N-ethyl adjacent to an activating group) is 1. The maximum absolute atomic E-state index is 10.7.